The van der Waals surface area contributed by atoms with Crippen LogP contribution in [-0.4, -0.2) is 30.1 Å². The van der Waals surface area contributed by atoms with Crippen LogP contribution in [0.15, 0.2) is 18.2 Å². The number of esters is 1. The topological polar surface area (TPSA) is 92.7 Å². The number of carbonyl (C=O) groups excluding carboxylic acids is 2. The first-order valence-electron chi connectivity index (χ1n) is 5.33. The van der Waals surface area contributed by atoms with E-state index in [0.29, 0.717) is 0 Å². The molecular weight excluding hydrogens is 365 g/mol. The molecule has 0 atom stereocenters. The van der Waals surface area contributed by atoms with Gasteiger partial charge in [0.2, 0.25) is 5.91 Å². The predicted octanol–water partition coefficient (Wildman–Crippen LogP) is 1.88. The number of hydrogen-bond donors (Lipinski definition) is 2. The fourth-order valence-electron chi connectivity index (χ4n) is 1.33. The van der Waals surface area contributed by atoms with E-state index in [4.69, 9.17) is 5.11 Å². The van der Waals surface area contributed by atoms with Crippen LogP contribution in [0.3, 0.4) is 0 Å². The van der Waals surface area contributed by atoms with E-state index in [1.54, 1.807) is 6.07 Å². The average Bonchev–Trinajstić information content (AvgIpc) is 2.37. The molecule has 1 amide bonds. The van der Waals surface area contributed by atoms with Crippen molar-refractivity contribution in [2.75, 3.05) is 12.4 Å². The van der Waals surface area contributed by atoms with Crippen LogP contribution in [0.4, 0.5) is 5.69 Å². The van der Waals surface area contributed by atoms with Crippen molar-refractivity contribution in [3.05, 3.63) is 27.3 Å². The third-order valence-electron chi connectivity index (χ3n) is 2.27. The third kappa shape index (κ3) is 4.86. The van der Waals surface area contributed by atoms with Crippen LogP contribution >= 0.6 is 22.6 Å². The fraction of sp³-hybridized carbons (Fsp3) is 0.250. The van der Waals surface area contributed by atoms with Gasteiger partial charge in [-0.25, -0.2) is 4.79 Å². The van der Waals surface area contributed by atoms with Crippen molar-refractivity contribution in [3.8, 4) is 0 Å². The van der Waals surface area contributed by atoms with E-state index in [1.165, 1.54) is 19.2 Å². The highest BCUT2D eigenvalue weighted by molar-refractivity contribution is 14.1. The van der Waals surface area contributed by atoms with E-state index < -0.39 is 17.8 Å². The number of nitrogens with one attached hydrogen (secondary N) is 1. The Bertz CT molecular complexity index is 515. The first-order chi connectivity index (χ1) is 8.93. The highest BCUT2D eigenvalue weighted by atomic mass is 127. The summed E-state index contributed by atoms with van der Waals surface area (Å²) in [5.74, 6) is -2.05. The summed E-state index contributed by atoms with van der Waals surface area (Å²) in [5.41, 5.74) is 0.223. The summed E-state index contributed by atoms with van der Waals surface area (Å²) in [6.45, 7) is 0. The zero-order valence-corrected chi connectivity index (χ0v) is 12.3. The lowest BCUT2D eigenvalue weighted by atomic mass is 10.1. The van der Waals surface area contributed by atoms with Gasteiger partial charge in [-0.2, -0.15) is 0 Å². The summed E-state index contributed by atoms with van der Waals surface area (Å²) < 4.78 is 5.17. The standard InChI is InChI=1S/C12H12INO5/c1-19-11(16)5-4-10(15)14-9-3-2-7(13)6-8(9)12(17)18/h2-3,6H,4-5H2,1H3,(H,14,15)(H,17,18). The molecule has 0 fully saturated rings. The minimum Gasteiger partial charge on any atom is -0.478 e. The molecular formula is C12H12INO5. The highest BCUT2D eigenvalue weighted by Gasteiger charge is 2.13. The van der Waals surface area contributed by atoms with Crippen molar-refractivity contribution in [1.82, 2.24) is 0 Å². The molecule has 0 bridgehead atoms. The monoisotopic (exact) mass is 377 g/mol. The number of anilines is 1. The number of methoxy groups -OCH3 is 1. The molecule has 0 aliphatic rings. The third-order valence-corrected chi connectivity index (χ3v) is 2.94. The number of carboxylic acids is 1. The van der Waals surface area contributed by atoms with Crippen molar-refractivity contribution in [3.63, 3.8) is 0 Å². The zero-order valence-electron chi connectivity index (χ0n) is 10.1. The minimum atomic E-state index is -1.12. The summed E-state index contributed by atoms with van der Waals surface area (Å²) in [6, 6.07) is 4.66. The first-order valence-corrected chi connectivity index (χ1v) is 6.41. The summed E-state index contributed by atoms with van der Waals surface area (Å²) in [7, 11) is 1.24. The van der Waals surface area contributed by atoms with Crippen LogP contribution in [-0.2, 0) is 14.3 Å². The van der Waals surface area contributed by atoms with Gasteiger partial charge in [0.15, 0.2) is 0 Å². The Morgan fingerprint density at radius 3 is 2.58 bits per heavy atom. The quantitative estimate of drug-likeness (QED) is 0.604. The molecule has 0 heterocycles. The molecule has 19 heavy (non-hydrogen) atoms. The molecule has 1 aromatic carbocycles. The average molecular weight is 377 g/mol. The van der Waals surface area contributed by atoms with E-state index in [1.807, 2.05) is 22.6 Å². The number of hydrogen-bond acceptors (Lipinski definition) is 4. The maximum Gasteiger partial charge on any atom is 0.337 e. The molecule has 0 aliphatic heterocycles. The van der Waals surface area contributed by atoms with Crippen molar-refractivity contribution in [1.29, 1.82) is 0 Å². The van der Waals surface area contributed by atoms with E-state index in [-0.39, 0.29) is 24.1 Å². The Balaban J connectivity index is 2.74. The molecule has 0 radical (unpaired) electrons. The number of halogens is 1. The van der Waals surface area contributed by atoms with Gasteiger partial charge in [-0.3, -0.25) is 9.59 Å². The molecule has 102 valence electrons. The van der Waals surface area contributed by atoms with Gasteiger partial charge >= 0.3 is 11.9 Å². The van der Waals surface area contributed by atoms with E-state index >= 15 is 0 Å². The second kappa shape index (κ2) is 7.07. The normalized spacial score (nSPS) is 9.79. The highest BCUT2D eigenvalue weighted by Crippen LogP contribution is 2.19. The van der Waals surface area contributed by atoms with Crippen molar-refractivity contribution in [2.24, 2.45) is 0 Å². The van der Waals surface area contributed by atoms with Crippen LogP contribution in [0.5, 0.6) is 0 Å². The molecule has 0 spiro atoms. The smallest absolute Gasteiger partial charge is 0.337 e. The SMILES string of the molecule is COC(=O)CCC(=O)Nc1ccc(I)cc1C(=O)O. The van der Waals surface area contributed by atoms with Gasteiger partial charge in [-0.1, -0.05) is 0 Å². The number of benzene rings is 1. The fourth-order valence-corrected chi connectivity index (χ4v) is 1.82. The number of carbonyl (C=O) groups is 3. The Labute approximate surface area is 123 Å². The lowest BCUT2D eigenvalue weighted by Crippen LogP contribution is -2.16. The Hall–Kier alpha value is -1.64. The molecule has 1 rings (SSSR count). The number of ether oxygens (including phenoxy) is 1. The molecule has 0 saturated carbocycles. The molecule has 6 nitrogen and oxygen atoms in total. The van der Waals surface area contributed by atoms with Gasteiger partial charge in [0, 0.05) is 9.99 Å². The maximum absolute atomic E-state index is 11.6. The van der Waals surface area contributed by atoms with E-state index in [0.717, 1.165) is 3.57 Å². The van der Waals surface area contributed by atoms with Gasteiger partial charge < -0.3 is 15.2 Å². The van der Waals surface area contributed by atoms with Gasteiger partial charge in [-0.05, 0) is 40.8 Å². The van der Waals surface area contributed by atoms with Crippen molar-refractivity contribution < 1.29 is 24.2 Å². The number of amides is 1. The molecule has 0 unspecified atom stereocenters. The van der Waals surface area contributed by atoms with Crippen LogP contribution in [0.25, 0.3) is 0 Å². The Morgan fingerprint density at radius 2 is 2.00 bits per heavy atom. The Morgan fingerprint density at radius 1 is 1.32 bits per heavy atom. The summed E-state index contributed by atoms with van der Waals surface area (Å²) in [5, 5.41) is 11.5. The van der Waals surface area contributed by atoms with Crippen molar-refractivity contribution in [2.45, 2.75) is 12.8 Å². The summed E-state index contributed by atoms with van der Waals surface area (Å²) >= 11 is 1.98. The lowest BCUT2D eigenvalue weighted by molar-refractivity contribution is -0.141. The van der Waals surface area contributed by atoms with E-state index in [2.05, 4.69) is 10.1 Å². The van der Waals surface area contributed by atoms with Gasteiger partial charge in [0.1, 0.15) is 0 Å². The largest absolute Gasteiger partial charge is 0.478 e. The molecule has 0 aromatic heterocycles. The van der Waals surface area contributed by atoms with Crippen LogP contribution in [0.2, 0.25) is 0 Å². The molecule has 2 N–H and O–H groups in total. The Kier molecular flexibility index (Phi) is 5.74. The number of aromatic carboxylic acids is 1. The first kappa shape index (κ1) is 15.4. The van der Waals surface area contributed by atoms with Crippen LogP contribution in [0.1, 0.15) is 23.2 Å². The minimum absolute atomic E-state index is 0.0123. The zero-order chi connectivity index (χ0) is 14.4. The second-order valence-corrected chi connectivity index (χ2v) is 4.86. The summed E-state index contributed by atoms with van der Waals surface area (Å²) in [6.07, 6.45) is -0.104. The predicted molar refractivity (Wildman–Crippen MR) is 76.0 cm³/mol. The van der Waals surface area contributed by atoms with Crippen molar-refractivity contribution >= 4 is 46.1 Å². The molecule has 7 heteroatoms. The van der Waals surface area contributed by atoms with Crippen LogP contribution < -0.4 is 5.32 Å². The van der Waals surface area contributed by atoms with Gasteiger partial charge in [0.05, 0.1) is 24.8 Å². The lowest BCUT2D eigenvalue weighted by Gasteiger charge is -2.08. The van der Waals surface area contributed by atoms with Crippen LogP contribution in [0, 0.1) is 3.57 Å². The number of rotatable bonds is 5. The van der Waals surface area contributed by atoms with E-state index in [9.17, 15) is 14.4 Å². The molecule has 0 aliphatic carbocycles. The summed E-state index contributed by atoms with van der Waals surface area (Å²) in [4.78, 5) is 33.5. The molecule has 0 saturated heterocycles. The van der Waals surface area contributed by atoms with Gasteiger partial charge in [0.25, 0.3) is 0 Å². The second-order valence-electron chi connectivity index (χ2n) is 3.62. The maximum atomic E-state index is 11.6. The van der Waals surface area contributed by atoms with Gasteiger partial charge in [-0.15, -0.1) is 0 Å². The molecule has 1 aromatic rings. The number of carboxylic acid groups (broad SMARTS) is 1.